The van der Waals surface area contributed by atoms with Gasteiger partial charge in [-0.25, -0.2) is 0 Å². The lowest BCUT2D eigenvalue weighted by Gasteiger charge is -2.04. The molecular formula is C7H9BNO2. The maximum Gasteiger partial charge on any atom is 0.326 e. The number of nitrogen functional groups attached to an aromatic ring is 1. The molecule has 0 aromatic heterocycles. The van der Waals surface area contributed by atoms with Crippen LogP contribution in [0.25, 0.3) is 0 Å². The van der Waals surface area contributed by atoms with Gasteiger partial charge >= 0.3 is 7.48 Å². The van der Waals surface area contributed by atoms with Crippen molar-refractivity contribution in [1.29, 1.82) is 0 Å². The normalized spacial score (nSPS) is 9.27. The molecule has 1 radical (unpaired) electrons. The van der Waals surface area contributed by atoms with Crippen molar-refractivity contribution in [2.75, 3.05) is 12.8 Å². The molecule has 1 aromatic carbocycles. The van der Waals surface area contributed by atoms with E-state index < -0.39 is 0 Å². The second-order valence-electron chi connectivity index (χ2n) is 2.13. The Morgan fingerprint density at radius 1 is 1.55 bits per heavy atom. The van der Waals surface area contributed by atoms with Crippen LogP contribution in [0.4, 0.5) is 5.69 Å². The lowest BCUT2D eigenvalue weighted by Crippen LogP contribution is -2.13. The van der Waals surface area contributed by atoms with E-state index in [4.69, 9.17) is 15.5 Å². The third-order valence-corrected chi connectivity index (χ3v) is 1.41. The number of hydrogen-bond donors (Lipinski definition) is 2. The molecule has 4 heteroatoms. The number of nitrogens with two attached hydrogens (primary N) is 1. The van der Waals surface area contributed by atoms with Gasteiger partial charge < -0.3 is 15.5 Å². The van der Waals surface area contributed by atoms with Gasteiger partial charge in [0.15, 0.2) is 0 Å². The molecule has 0 fully saturated rings. The summed E-state index contributed by atoms with van der Waals surface area (Å²) in [6.45, 7) is 0. The molecule has 0 atom stereocenters. The van der Waals surface area contributed by atoms with E-state index in [1.54, 1.807) is 18.2 Å². The molecule has 0 spiro atoms. The second-order valence-corrected chi connectivity index (χ2v) is 2.13. The van der Waals surface area contributed by atoms with Crippen LogP contribution in [0.15, 0.2) is 18.2 Å². The molecule has 57 valence electrons. The van der Waals surface area contributed by atoms with Gasteiger partial charge in [0.2, 0.25) is 0 Å². The first-order valence-electron chi connectivity index (χ1n) is 3.19. The Hall–Kier alpha value is -1.16. The molecule has 0 aliphatic rings. The smallest absolute Gasteiger partial charge is 0.326 e. The number of anilines is 1. The fourth-order valence-electron chi connectivity index (χ4n) is 0.808. The Bertz CT molecular complexity index is 252. The van der Waals surface area contributed by atoms with Crippen LogP contribution in [-0.2, 0) is 0 Å². The largest absolute Gasteiger partial charge is 0.495 e. The number of benzene rings is 1. The van der Waals surface area contributed by atoms with Crippen LogP contribution in [0.1, 0.15) is 0 Å². The number of methoxy groups -OCH3 is 1. The average molecular weight is 150 g/mol. The Morgan fingerprint density at radius 2 is 2.27 bits per heavy atom. The zero-order valence-electron chi connectivity index (χ0n) is 6.24. The van der Waals surface area contributed by atoms with Crippen molar-refractivity contribution in [3.63, 3.8) is 0 Å². The van der Waals surface area contributed by atoms with Gasteiger partial charge in [0.1, 0.15) is 5.75 Å². The highest BCUT2D eigenvalue weighted by Crippen LogP contribution is 2.17. The quantitative estimate of drug-likeness (QED) is 0.442. The molecule has 3 nitrogen and oxygen atoms in total. The maximum absolute atomic E-state index is 8.63. The topological polar surface area (TPSA) is 55.5 Å². The monoisotopic (exact) mass is 150 g/mol. The molecule has 0 amide bonds. The molecular weight excluding hydrogens is 141 g/mol. The molecule has 0 unspecified atom stereocenters. The van der Waals surface area contributed by atoms with Crippen LogP contribution in [0, 0.1) is 0 Å². The molecule has 0 saturated carbocycles. The van der Waals surface area contributed by atoms with Crippen molar-refractivity contribution in [3.8, 4) is 5.75 Å². The van der Waals surface area contributed by atoms with Crippen molar-refractivity contribution < 1.29 is 9.76 Å². The van der Waals surface area contributed by atoms with Gasteiger partial charge in [0.05, 0.1) is 12.8 Å². The number of hydrogen-bond acceptors (Lipinski definition) is 3. The minimum absolute atomic E-state index is 0.568. The minimum Gasteiger partial charge on any atom is -0.495 e. The lowest BCUT2D eigenvalue weighted by molar-refractivity contribution is 0.417. The Balaban J connectivity index is 3.02. The Morgan fingerprint density at radius 3 is 2.82 bits per heavy atom. The highest BCUT2D eigenvalue weighted by atomic mass is 16.5. The first-order chi connectivity index (χ1) is 5.27. The van der Waals surface area contributed by atoms with E-state index in [9.17, 15) is 0 Å². The summed E-state index contributed by atoms with van der Waals surface area (Å²) in [6.07, 6.45) is 0. The zero-order chi connectivity index (χ0) is 8.27. The molecule has 11 heavy (non-hydrogen) atoms. The van der Waals surface area contributed by atoms with Gasteiger partial charge in [-0.05, 0) is 17.6 Å². The van der Waals surface area contributed by atoms with Crippen molar-refractivity contribution in [1.82, 2.24) is 0 Å². The predicted molar refractivity (Wildman–Crippen MR) is 45.0 cm³/mol. The van der Waals surface area contributed by atoms with E-state index in [1.165, 1.54) is 7.11 Å². The Kier molecular flexibility index (Phi) is 2.38. The van der Waals surface area contributed by atoms with Gasteiger partial charge in [-0.2, -0.15) is 0 Å². The van der Waals surface area contributed by atoms with Gasteiger partial charge in [-0.1, -0.05) is 6.07 Å². The van der Waals surface area contributed by atoms with Crippen molar-refractivity contribution >= 4 is 18.6 Å². The Labute approximate surface area is 66.1 Å². The third kappa shape index (κ3) is 1.65. The first kappa shape index (κ1) is 7.95. The van der Waals surface area contributed by atoms with Crippen LogP contribution >= 0.6 is 0 Å². The molecule has 3 N–H and O–H groups in total. The fraction of sp³-hybridized carbons (Fsp3) is 0.143. The van der Waals surface area contributed by atoms with E-state index in [1.807, 2.05) is 0 Å². The molecule has 0 bridgehead atoms. The summed E-state index contributed by atoms with van der Waals surface area (Å²) >= 11 is 0. The van der Waals surface area contributed by atoms with Crippen molar-refractivity contribution in [2.24, 2.45) is 0 Å². The van der Waals surface area contributed by atoms with Crippen LogP contribution in [0.5, 0.6) is 5.75 Å². The summed E-state index contributed by atoms with van der Waals surface area (Å²) in [4.78, 5) is 0. The number of ether oxygens (including phenoxy) is 1. The van der Waals surface area contributed by atoms with E-state index in [0.717, 1.165) is 7.48 Å². The highest BCUT2D eigenvalue weighted by Gasteiger charge is 1.99. The molecule has 1 aromatic rings. The van der Waals surface area contributed by atoms with Gasteiger partial charge in [0.25, 0.3) is 0 Å². The lowest BCUT2D eigenvalue weighted by atomic mass is 9.88. The van der Waals surface area contributed by atoms with Crippen molar-refractivity contribution in [3.05, 3.63) is 18.2 Å². The van der Waals surface area contributed by atoms with Crippen LogP contribution < -0.4 is 15.9 Å². The van der Waals surface area contributed by atoms with E-state index >= 15 is 0 Å². The predicted octanol–water partition coefficient (Wildman–Crippen LogP) is -0.486. The maximum atomic E-state index is 8.63. The van der Waals surface area contributed by atoms with Gasteiger partial charge in [0, 0.05) is 0 Å². The molecule has 0 saturated heterocycles. The molecule has 0 heterocycles. The first-order valence-corrected chi connectivity index (χ1v) is 3.19. The number of rotatable bonds is 2. The summed E-state index contributed by atoms with van der Waals surface area (Å²) in [5.74, 6) is 0.577. The van der Waals surface area contributed by atoms with Crippen LogP contribution in [-0.4, -0.2) is 19.6 Å². The summed E-state index contributed by atoms with van der Waals surface area (Å²) in [5, 5.41) is 8.63. The van der Waals surface area contributed by atoms with Crippen LogP contribution in [0.2, 0.25) is 0 Å². The van der Waals surface area contributed by atoms with Crippen molar-refractivity contribution in [2.45, 2.75) is 0 Å². The summed E-state index contributed by atoms with van der Waals surface area (Å²) < 4.78 is 4.93. The van der Waals surface area contributed by atoms with Crippen LogP contribution in [0.3, 0.4) is 0 Å². The third-order valence-electron chi connectivity index (χ3n) is 1.41. The van der Waals surface area contributed by atoms with E-state index in [0.29, 0.717) is 16.9 Å². The van der Waals surface area contributed by atoms with Gasteiger partial charge in [-0.15, -0.1) is 0 Å². The molecule has 0 aliphatic heterocycles. The summed E-state index contributed by atoms with van der Waals surface area (Å²) in [7, 11) is 2.54. The fourth-order valence-corrected chi connectivity index (χ4v) is 0.808. The molecule has 0 aliphatic carbocycles. The minimum atomic E-state index is 0.568. The zero-order valence-corrected chi connectivity index (χ0v) is 6.24. The van der Waals surface area contributed by atoms with E-state index in [-0.39, 0.29) is 0 Å². The van der Waals surface area contributed by atoms with E-state index in [2.05, 4.69) is 0 Å². The summed E-state index contributed by atoms with van der Waals surface area (Å²) in [5.41, 5.74) is 6.78. The van der Waals surface area contributed by atoms with Gasteiger partial charge in [-0.3, -0.25) is 0 Å². The molecule has 1 rings (SSSR count). The second kappa shape index (κ2) is 3.30. The standard InChI is InChI=1S/C7H9BNO2/c1-11-7-4-5(8-10)2-3-6(7)9/h2-4,10H,9H2,1H3. The highest BCUT2D eigenvalue weighted by molar-refractivity contribution is 6.45. The average Bonchev–Trinajstić information content (AvgIpc) is 2.05. The summed E-state index contributed by atoms with van der Waals surface area (Å²) in [6, 6.07) is 5.05. The SMILES string of the molecule is COc1cc([B]O)ccc1N.